The normalized spacial score (nSPS) is 24.9. The standard InChI is InChI=1S/C42H50N4O4/c47-30-33-21-23-45(40(33)41(50)43-26-32-14-11-22-44(28-32)27-31-12-10-13-31)38-24-37(48)29-46(38)39(49)25-42(34-15-4-1-5-16-34,35-17-6-2-7-18-35)36-19-8-3-9-20-36/h1-9,15-20,31-32,37-38,40,48H,10-14,21-29H2,(H,43,50)/t32-,37+,38-,40+/m0/s1. The molecule has 4 aliphatic rings. The summed E-state index contributed by atoms with van der Waals surface area (Å²) in [6.07, 6.45) is 5.82. The molecular weight excluding hydrogens is 624 g/mol. The second kappa shape index (κ2) is 15.4. The fourth-order valence-electron chi connectivity index (χ4n) is 9.00. The second-order valence-electron chi connectivity index (χ2n) is 14.9. The molecular formula is C42H50N4O4. The van der Waals surface area contributed by atoms with Crippen LogP contribution in [0.15, 0.2) is 96.6 Å². The first-order valence-electron chi connectivity index (χ1n) is 18.6. The van der Waals surface area contributed by atoms with Gasteiger partial charge in [-0.1, -0.05) is 97.4 Å². The maximum atomic E-state index is 14.8. The van der Waals surface area contributed by atoms with Crippen molar-refractivity contribution >= 4 is 17.8 Å². The zero-order valence-corrected chi connectivity index (χ0v) is 29.0. The van der Waals surface area contributed by atoms with E-state index < -0.39 is 23.7 Å². The molecule has 4 atom stereocenters. The third-order valence-corrected chi connectivity index (χ3v) is 11.8. The van der Waals surface area contributed by atoms with E-state index in [0.717, 1.165) is 55.1 Å². The molecule has 1 aliphatic carbocycles. The number of likely N-dealkylation sites (tertiary alicyclic amines) is 3. The zero-order chi connectivity index (χ0) is 34.5. The SMILES string of the molecule is O=C=C1CCN([C@@H]2C[C@@H](O)CN2C(=O)CC(c2ccccc2)(c2ccccc2)c2ccccc2)[C@H]1C(=O)NC[C@@H]1CCCN(CC2CCC2)C1. The number of nitrogens with zero attached hydrogens (tertiary/aromatic N) is 3. The van der Waals surface area contributed by atoms with E-state index in [0.29, 0.717) is 37.4 Å². The Morgan fingerprint density at radius 2 is 1.40 bits per heavy atom. The topological polar surface area (TPSA) is 93.2 Å². The molecule has 1 saturated carbocycles. The summed E-state index contributed by atoms with van der Waals surface area (Å²) in [7, 11) is 0. The van der Waals surface area contributed by atoms with Crippen molar-refractivity contribution in [3.8, 4) is 0 Å². The number of β-amino-alcohol motifs (C(OH)–C–C–N with tert-alkyl or cyclic N) is 1. The van der Waals surface area contributed by atoms with Gasteiger partial charge in [0.15, 0.2) is 0 Å². The molecule has 0 radical (unpaired) electrons. The van der Waals surface area contributed by atoms with Crippen molar-refractivity contribution in [3.05, 3.63) is 113 Å². The molecule has 50 heavy (non-hydrogen) atoms. The van der Waals surface area contributed by atoms with Gasteiger partial charge in [-0.05, 0) is 67.2 Å². The molecule has 3 saturated heterocycles. The molecule has 0 spiro atoms. The maximum Gasteiger partial charge on any atom is 0.242 e. The largest absolute Gasteiger partial charge is 0.391 e. The molecule has 0 unspecified atom stereocenters. The minimum Gasteiger partial charge on any atom is -0.391 e. The molecule has 7 rings (SSSR count). The monoisotopic (exact) mass is 674 g/mol. The van der Waals surface area contributed by atoms with Gasteiger partial charge in [0.05, 0.1) is 17.7 Å². The van der Waals surface area contributed by atoms with E-state index in [1.165, 1.54) is 19.3 Å². The first-order chi connectivity index (χ1) is 24.5. The number of aliphatic hydroxyl groups excluding tert-OH is 1. The van der Waals surface area contributed by atoms with E-state index in [1.54, 1.807) is 4.90 Å². The number of aliphatic hydroxyl groups is 1. The Morgan fingerprint density at radius 3 is 1.96 bits per heavy atom. The molecule has 262 valence electrons. The molecule has 0 bridgehead atoms. The highest BCUT2D eigenvalue weighted by molar-refractivity contribution is 5.88. The van der Waals surface area contributed by atoms with Gasteiger partial charge in [0.2, 0.25) is 11.8 Å². The van der Waals surface area contributed by atoms with Crippen LogP contribution in [0.4, 0.5) is 0 Å². The van der Waals surface area contributed by atoms with Crippen LogP contribution in [0.1, 0.15) is 68.1 Å². The fourth-order valence-corrected chi connectivity index (χ4v) is 9.00. The van der Waals surface area contributed by atoms with Crippen molar-refractivity contribution in [2.75, 3.05) is 39.3 Å². The van der Waals surface area contributed by atoms with E-state index in [4.69, 9.17) is 0 Å². The van der Waals surface area contributed by atoms with Gasteiger partial charge < -0.3 is 20.2 Å². The molecule has 0 aromatic heterocycles. The number of rotatable bonds is 11. The number of carbonyl (C=O) groups is 2. The van der Waals surface area contributed by atoms with Gasteiger partial charge in [0.25, 0.3) is 0 Å². The molecule has 2 amide bonds. The maximum absolute atomic E-state index is 14.8. The van der Waals surface area contributed by atoms with Crippen LogP contribution in [0, 0.1) is 11.8 Å². The van der Waals surface area contributed by atoms with Crippen LogP contribution in [0.3, 0.4) is 0 Å². The Kier molecular flexibility index (Phi) is 10.6. The molecule has 8 nitrogen and oxygen atoms in total. The predicted octanol–water partition coefficient (Wildman–Crippen LogP) is 4.79. The van der Waals surface area contributed by atoms with Crippen LogP contribution in [-0.2, 0) is 19.8 Å². The highest BCUT2D eigenvalue weighted by atomic mass is 16.3. The lowest BCUT2D eigenvalue weighted by atomic mass is 9.67. The predicted molar refractivity (Wildman–Crippen MR) is 194 cm³/mol. The van der Waals surface area contributed by atoms with Gasteiger partial charge >= 0.3 is 0 Å². The minimum absolute atomic E-state index is 0.112. The molecule has 3 heterocycles. The number of amides is 2. The van der Waals surface area contributed by atoms with Crippen molar-refractivity contribution in [1.82, 2.24) is 20.0 Å². The smallest absolute Gasteiger partial charge is 0.242 e. The quantitative estimate of drug-likeness (QED) is 0.225. The Hall–Kier alpha value is -4.07. The van der Waals surface area contributed by atoms with Crippen molar-refractivity contribution in [1.29, 1.82) is 0 Å². The summed E-state index contributed by atoms with van der Waals surface area (Å²) in [6.45, 7) is 4.46. The Labute approximate surface area is 296 Å². The average Bonchev–Trinajstić information content (AvgIpc) is 3.76. The fraction of sp³-hybridized carbons (Fsp3) is 0.476. The van der Waals surface area contributed by atoms with Crippen molar-refractivity contribution in [2.45, 2.75) is 75.1 Å². The Morgan fingerprint density at radius 1 is 0.800 bits per heavy atom. The summed E-state index contributed by atoms with van der Waals surface area (Å²) < 4.78 is 0. The van der Waals surface area contributed by atoms with Gasteiger partial charge in [0.1, 0.15) is 12.0 Å². The Bertz CT molecular complexity index is 1560. The van der Waals surface area contributed by atoms with E-state index in [9.17, 15) is 19.5 Å². The number of piperidine rings is 1. The van der Waals surface area contributed by atoms with Gasteiger partial charge in [-0.3, -0.25) is 14.5 Å². The highest BCUT2D eigenvalue weighted by Gasteiger charge is 2.48. The van der Waals surface area contributed by atoms with E-state index in [-0.39, 0.29) is 24.8 Å². The lowest BCUT2D eigenvalue weighted by Crippen LogP contribution is -2.55. The van der Waals surface area contributed by atoms with Crippen LogP contribution < -0.4 is 5.32 Å². The average molecular weight is 675 g/mol. The summed E-state index contributed by atoms with van der Waals surface area (Å²) in [6, 6.07) is 29.6. The molecule has 3 aromatic carbocycles. The number of nitrogens with one attached hydrogen (secondary N) is 1. The van der Waals surface area contributed by atoms with Crippen LogP contribution in [0.25, 0.3) is 0 Å². The van der Waals surface area contributed by atoms with Crippen LogP contribution >= 0.6 is 0 Å². The number of hydrogen-bond acceptors (Lipinski definition) is 6. The van der Waals surface area contributed by atoms with Gasteiger partial charge in [0, 0.05) is 51.1 Å². The van der Waals surface area contributed by atoms with Crippen LogP contribution in [0.5, 0.6) is 0 Å². The lowest BCUT2D eigenvalue weighted by Gasteiger charge is -2.40. The third-order valence-electron chi connectivity index (χ3n) is 11.8. The molecule has 3 aliphatic heterocycles. The van der Waals surface area contributed by atoms with E-state index in [1.807, 2.05) is 59.5 Å². The molecule has 4 fully saturated rings. The summed E-state index contributed by atoms with van der Waals surface area (Å²) >= 11 is 0. The van der Waals surface area contributed by atoms with Crippen molar-refractivity contribution < 1.29 is 19.5 Å². The second-order valence-corrected chi connectivity index (χ2v) is 14.9. The van der Waals surface area contributed by atoms with Crippen LogP contribution in [-0.4, -0.2) is 95.1 Å². The van der Waals surface area contributed by atoms with Crippen molar-refractivity contribution in [3.63, 3.8) is 0 Å². The first-order valence-corrected chi connectivity index (χ1v) is 18.6. The van der Waals surface area contributed by atoms with Gasteiger partial charge in [-0.2, -0.15) is 0 Å². The highest BCUT2D eigenvalue weighted by Crippen LogP contribution is 2.43. The summed E-state index contributed by atoms with van der Waals surface area (Å²) in [4.78, 5) is 47.2. The third kappa shape index (κ3) is 7.08. The summed E-state index contributed by atoms with van der Waals surface area (Å²) in [5.41, 5.74) is 2.63. The van der Waals surface area contributed by atoms with Crippen molar-refractivity contribution in [2.24, 2.45) is 11.8 Å². The summed E-state index contributed by atoms with van der Waals surface area (Å²) in [5, 5.41) is 14.2. The van der Waals surface area contributed by atoms with Gasteiger partial charge in [-0.25, -0.2) is 4.79 Å². The number of benzene rings is 3. The molecule has 3 aromatic rings. The molecule has 2 N–H and O–H groups in total. The first kappa shape index (κ1) is 34.4. The zero-order valence-electron chi connectivity index (χ0n) is 29.0. The minimum atomic E-state index is -0.810. The lowest BCUT2D eigenvalue weighted by molar-refractivity contribution is -0.139. The van der Waals surface area contributed by atoms with E-state index >= 15 is 0 Å². The number of hydrogen-bond donors (Lipinski definition) is 2. The Balaban J connectivity index is 1.12. The van der Waals surface area contributed by atoms with Crippen LogP contribution in [0.2, 0.25) is 0 Å². The number of carbonyl (C=O) groups excluding carboxylic acids is 3. The molecule has 8 heteroatoms. The van der Waals surface area contributed by atoms with Gasteiger partial charge in [-0.15, -0.1) is 0 Å². The van der Waals surface area contributed by atoms with E-state index in [2.05, 4.69) is 52.6 Å². The summed E-state index contributed by atoms with van der Waals surface area (Å²) in [5.74, 6) is 2.95.